The Morgan fingerprint density at radius 3 is 2.42 bits per heavy atom. The van der Waals surface area contributed by atoms with E-state index in [2.05, 4.69) is 64.8 Å². The van der Waals surface area contributed by atoms with Crippen molar-refractivity contribution in [2.24, 2.45) is 5.73 Å². The zero-order chi connectivity index (χ0) is 14.6. The fourth-order valence-electron chi connectivity index (χ4n) is 2.29. The summed E-state index contributed by atoms with van der Waals surface area (Å²) < 4.78 is 0. The summed E-state index contributed by atoms with van der Waals surface area (Å²) in [5.74, 6) is 0.579. The van der Waals surface area contributed by atoms with Crippen LogP contribution >= 0.6 is 0 Å². The molecule has 2 heteroatoms. The minimum absolute atomic E-state index is 0.0599. The number of benzene rings is 1. The maximum Gasteiger partial charge on any atom is 0.0396 e. The third-order valence-corrected chi connectivity index (χ3v) is 3.63. The fourth-order valence-corrected chi connectivity index (χ4v) is 2.29. The van der Waals surface area contributed by atoms with E-state index in [9.17, 15) is 0 Å². The van der Waals surface area contributed by atoms with Crippen molar-refractivity contribution < 1.29 is 0 Å². The molecule has 0 saturated heterocycles. The van der Waals surface area contributed by atoms with Gasteiger partial charge in [0.15, 0.2) is 0 Å². The average molecular weight is 262 g/mol. The van der Waals surface area contributed by atoms with Gasteiger partial charge in [0.25, 0.3) is 0 Å². The van der Waals surface area contributed by atoms with Gasteiger partial charge in [-0.2, -0.15) is 0 Å². The molecule has 0 aromatic heterocycles. The molecule has 0 bridgehead atoms. The van der Waals surface area contributed by atoms with Crippen molar-refractivity contribution >= 4 is 5.69 Å². The van der Waals surface area contributed by atoms with Crippen molar-refractivity contribution in [2.75, 3.05) is 18.5 Å². The van der Waals surface area contributed by atoms with Crippen LogP contribution in [0.15, 0.2) is 18.2 Å². The molecule has 0 heterocycles. The van der Waals surface area contributed by atoms with Crippen LogP contribution in [0.3, 0.4) is 0 Å². The highest BCUT2D eigenvalue weighted by atomic mass is 15.1. The van der Waals surface area contributed by atoms with Crippen LogP contribution in [0.2, 0.25) is 0 Å². The third kappa shape index (κ3) is 5.23. The summed E-state index contributed by atoms with van der Waals surface area (Å²) >= 11 is 0. The number of aryl methyl sites for hydroxylation is 1. The smallest absolute Gasteiger partial charge is 0.0396 e. The standard InChI is InChI=1S/C17H30N2/c1-13(2)15-9-8-14(3)16(12-15)19(6)11-7-10-17(4,5)18/h8-9,12-13H,7,10-11,18H2,1-6H3. The molecule has 0 spiro atoms. The van der Waals surface area contributed by atoms with Crippen molar-refractivity contribution in [1.82, 2.24) is 0 Å². The van der Waals surface area contributed by atoms with Crippen molar-refractivity contribution in [2.45, 2.75) is 58.9 Å². The third-order valence-electron chi connectivity index (χ3n) is 3.63. The first-order chi connectivity index (χ1) is 8.70. The van der Waals surface area contributed by atoms with E-state index in [-0.39, 0.29) is 5.54 Å². The highest BCUT2D eigenvalue weighted by molar-refractivity contribution is 5.54. The van der Waals surface area contributed by atoms with E-state index in [1.165, 1.54) is 16.8 Å². The number of nitrogens with two attached hydrogens (primary N) is 1. The summed E-state index contributed by atoms with van der Waals surface area (Å²) in [6.45, 7) is 11.9. The maximum absolute atomic E-state index is 6.04. The summed E-state index contributed by atoms with van der Waals surface area (Å²) in [5.41, 5.74) is 10.1. The second kappa shape index (κ2) is 6.42. The monoisotopic (exact) mass is 262 g/mol. The molecule has 0 radical (unpaired) electrons. The summed E-state index contributed by atoms with van der Waals surface area (Å²) in [6, 6.07) is 6.79. The molecule has 2 N–H and O–H groups in total. The molecule has 1 rings (SSSR count). The van der Waals surface area contributed by atoms with E-state index < -0.39 is 0 Å². The molecule has 2 nitrogen and oxygen atoms in total. The number of anilines is 1. The Hall–Kier alpha value is -1.02. The molecule has 0 unspecified atom stereocenters. The van der Waals surface area contributed by atoms with Crippen molar-refractivity contribution in [3.05, 3.63) is 29.3 Å². The predicted octanol–water partition coefficient (Wildman–Crippen LogP) is 4.07. The first kappa shape index (κ1) is 16.0. The fraction of sp³-hybridized carbons (Fsp3) is 0.647. The first-order valence-electron chi connectivity index (χ1n) is 7.31. The Kier molecular flexibility index (Phi) is 5.42. The van der Waals surface area contributed by atoms with Crippen LogP contribution in [0.5, 0.6) is 0 Å². The van der Waals surface area contributed by atoms with Crippen LogP contribution in [0.25, 0.3) is 0 Å². The van der Waals surface area contributed by atoms with Crippen LogP contribution in [0.1, 0.15) is 57.6 Å². The van der Waals surface area contributed by atoms with E-state index in [4.69, 9.17) is 5.73 Å². The maximum atomic E-state index is 6.04. The van der Waals surface area contributed by atoms with E-state index in [1.54, 1.807) is 0 Å². The Morgan fingerprint density at radius 2 is 1.89 bits per heavy atom. The highest BCUT2D eigenvalue weighted by Gasteiger charge is 2.12. The predicted molar refractivity (Wildman–Crippen MR) is 86.0 cm³/mol. The van der Waals surface area contributed by atoms with E-state index in [1.807, 2.05) is 0 Å². The molecule has 108 valence electrons. The second-order valence-electron chi connectivity index (χ2n) is 6.71. The molecule has 19 heavy (non-hydrogen) atoms. The molecule has 1 aromatic rings. The lowest BCUT2D eigenvalue weighted by molar-refractivity contribution is 0.460. The lowest BCUT2D eigenvalue weighted by atomic mass is 9.99. The summed E-state index contributed by atoms with van der Waals surface area (Å²) in [4.78, 5) is 2.35. The zero-order valence-electron chi connectivity index (χ0n) is 13.5. The van der Waals surface area contributed by atoms with Gasteiger partial charge in [-0.15, -0.1) is 0 Å². The van der Waals surface area contributed by atoms with Gasteiger partial charge in [0.1, 0.15) is 0 Å². The molecule has 0 atom stereocenters. The molecular weight excluding hydrogens is 232 g/mol. The van der Waals surface area contributed by atoms with Gasteiger partial charge in [0.2, 0.25) is 0 Å². The number of nitrogens with zero attached hydrogens (tertiary/aromatic N) is 1. The Balaban J connectivity index is 2.70. The number of rotatable bonds is 6. The SMILES string of the molecule is Cc1ccc(C(C)C)cc1N(C)CCCC(C)(C)N. The molecule has 0 fully saturated rings. The molecular formula is C17H30N2. The molecule has 1 aromatic carbocycles. The van der Waals surface area contributed by atoms with Crippen LogP contribution < -0.4 is 10.6 Å². The van der Waals surface area contributed by atoms with E-state index in [0.29, 0.717) is 5.92 Å². The van der Waals surface area contributed by atoms with Crippen LogP contribution in [0, 0.1) is 6.92 Å². The molecule has 0 aliphatic rings. The number of hydrogen-bond donors (Lipinski definition) is 1. The summed E-state index contributed by atoms with van der Waals surface area (Å²) in [6.07, 6.45) is 2.19. The normalized spacial score (nSPS) is 12.0. The largest absolute Gasteiger partial charge is 0.374 e. The lowest BCUT2D eigenvalue weighted by Gasteiger charge is -2.25. The molecule has 0 aliphatic heterocycles. The van der Waals surface area contributed by atoms with Crippen molar-refractivity contribution in [3.8, 4) is 0 Å². The minimum Gasteiger partial charge on any atom is -0.374 e. The average Bonchev–Trinajstić information content (AvgIpc) is 2.27. The topological polar surface area (TPSA) is 29.3 Å². The first-order valence-corrected chi connectivity index (χ1v) is 7.31. The van der Waals surface area contributed by atoms with Crippen molar-refractivity contribution in [3.63, 3.8) is 0 Å². The Bertz CT molecular complexity index is 402. The van der Waals surface area contributed by atoms with E-state index in [0.717, 1.165) is 19.4 Å². The molecule has 0 saturated carbocycles. The quantitative estimate of drug-likeness (QED) is 0.837. The van der Waals surface area contributed by atoms with Gasteiger partial charge in [0.05, 0.1) is 0 Å². The molecule has 0 amide bonds. The molecule has 0 aliphatic carbocycles. The van der Waals surface area contributed by atoms with Gasteiger partial charge in [-0.1, -0.05) is 26.0 Å². The second-order valence-corrected chi connectivity index (χ2v) is 6.71. The summed E-state index contributed by atoms with van der Waals surface area (Å²) in [7, 11) is 2.18. The van der Waals surface area contributed by atoms with Gasteiger partial charge < -0.3 is 10.6 Å². The summed E-state index contributed by atoms with van der Waals surface area (Å²) in [5, 5.41) is 0. The van der Waals surface area contributed by atoms with Gasteiger partial charge in [0, 0.05) is 24.8 Å². The van der Waals surface area contributed by atoms with Crippen molar-refractivity contribution in [1.29, 1.82) is 0 Å². The van der Waals surface area contributed by atoms with E-state index >= 15 is 0 Å². The van der Waals surface area contributed by atoms with Gasteiger partial charge in [-0.05, 0) is 56.7 Å². The Labute approximate surface area is 119 Å². The minimum atomic E-state index is -0.0599. The van der Waals surface area contributed by atoms with Crippen LogP contribution in [-0.2, 0) is 0 Å². The highest BCUT2D eigenvalue weighted by Crippen LogP contribution is 2.25. The van der Waals surface area contributed by atoms with Crippen LogP contribution in [-0.4, -0.2) is 19.1 Å². The lowest BCUT2D eigenvalue weighted by Crippen LogP contribution is -2.33. The zero-order valence-corrected chi connectivity index (χ0v) is 13.5. The Morgan fingerprint density at radius 1 is 1.26 bits per heavy atom. The van der Waals surface area contributed by atoms with Gasteiger partial charge in [-0.25, -0.2) is 0 Å². The van der Waals surface area contributed by atoms with Crippen LogP contribution in [0.4, 0.5) is 5.69 Å². The van der Waals surface area contributed by atoms with Gasteiger partial charge >= 0.3 is 0 Å². The van der Waals surface area contributed by atoms with Gasteiger partial charge in [-0.3, -0.25) is 0 Å². The number of hydrogen-bond acceptors (Lipinski definition) is 2.